The molecular formula is C32H36N2O2. The van der Waals surface area contributed by atoms with E-state index in [9.17, 15) is 0 Å². The Labute approximate surface area is 215 Å². The van der Waals surface area contributed by atoms with Gasteiger partial charge in [-0.2, -0.15) is 0 Å². The molecule has 4 nitrogen and oxygen atoms in total. The van der Waals surface area contributed by atoms with Crippen molar-refractivity contribution < 1.29 is 9.47 Å². The Morgan fingerprint density at radius 1 is 0.944 bits per heavy atom. The maximum Gasteiger partial charge on any atom is 0.231 e. The lowest BCUT2D eigenvalue weighted by molar-refractivity contribution is 0.173. The lowest BCUT2D eigenvalue weighted by Gasteiger charge is -2.29. The van der Waals surface area contributed by atoms with Crippen molar-refractivity contribution >= 4 is 5.69 Å². The first-order valence-electron chi connectivity index (χ1n) is 13.3. The van der Waals surface area contributed by atoms with Crippen molar-refractivity contribution in [2.75, 3.05) is 31.3 Å². The molecule has 3 aliphatic rings. The smallest absolute Gasteiger partial charge is 0.231 e. The van der Waals surface area contributed by atoms with Gasteiger partial charge in [-0.25, -0.2) is 0 Å². The molecule has 0 unspecified atom stereocenters. The van der Waals surface area contributed by atoms with Gasteiger partial charge in [0.25, 0.3) is 0 Å². The van der Waals surface area contributed by atoms with Crippen LogP contribution in [-0.2, 0) is 25.8 Å². The fraction of sp³-hybridized carbons (Fsp3) is 0.375. The molecule has 0 radical (unpaired) electrons. The summed E-state index contributed by atoms with van der Waals surface area (Å²) in [5, 5.41) is 0. The predicted molar refractivity (Wildman–Crippen MR) is 147 cm³/mol. The highest BCUT2D eigenvalue weighted by Crippen LogP contribution is 2.45. The molecule has 0 fully saturated rings. The van der Waals surface area contributed by atoms with Gasteiger partial charge in [-0.05, 0) is 77.6 Å². The summed E-state index contributed by atoms with van der Waals surface area (Å²) in [4.78, 5) is 4.94. The SMILES string of the molecule is C=C(C)N1CCc2cc(CCN3CCc4cc(-c5ccc6c(c5C(C)C)OCO6)ccc4C3)ccc21. The standard InChI is InChI=1S/C32H36N2O2/c1-21(2)31-28(8-10-30-32(31)36-20-35-30)25-6-7-27-19-33(15-12-24(27)18-25)14-11-23-5-9-29-26(17-23)13-16-34(29)22(3)4/h5-10,17-18,21H,3,11-16,19-20H2,1-2,4H3. The molecule has 0 bridgehead atoms. The van der Waals surface area contributed by atoms with Gasteiger partial charge in [-0.15, -0.1) is 0 Å². The van der Waals surface area contributed by atoms with E-state index in [2.05, 4.69) is 85.7 Å². The summed E-state index contributed by atoms with van der Waals surface area (Å²) < 4.78 is 11.5. The van der Waals surface area contributed by atoms with Crippen molar-refractivity contribution in [3.8, 4) is 22.6 Å². The predicted octanol–water partition coefficient (Wildman–Crippen LogP) is 6.70. The van der Waals surface area contributed by atoms with Crippen LogP contribution in [0.1, 0.15) is 54.5 Å². The fourth-order valence-corrected chi connectivity index (χ4v) is 6.08. The number of fused-ring (bicyclic) bond motifs is 3. The second kappa shape index (κ2) is 9.33. The van der Waals surface area contributed by atoms with E-state index in [4.69, 9.17) is 9.47 Å². The largest absolute Gasteiger partial charge is 0.454 e. The molecule has 3 heterocycles. The summed E-state index contributed by atoms with van der Waals surface area (Å²) in [6.45, 7) is 15.3. The second-order valence-electron chi connectivity index (χ2n) is 10.8. The minimum absolute atomic E-state index is 0.316. The molecule has 0 saturated carbocycles. The number of anilines is 1. The summed E-state index contributed by atoms with van der Waals surface area (Å²) in [5.74, 6) is 2.16. The average Bonchev–Trinajstić information content (AvgIpc) is 3.53. The molecule has 0 aromatic heterocycles. The number of benzene rings is 3. The van der Waals surface area contributed by atoms with E-state index in [1.807, 2.05) is 0 Å². The van der Waals surface area contributed by atoms with Crippen LogP contribution in [0.4, 0.5) is 5.69 Å². The van der Waals surface area contributed by atoms with Crippen LogP contribution in [0.25, 0.3) is 11.1 Å². The normalized spacial score (nSPS) is 16.4. The van der Waals surface area contributed by atoms with Crippen molar-refractivity contribution in [1.29, 1.82) is 0 Å². The summed E-state index contributed by atoms with van der Waals surface area (Å²) >= 11 is 0. The quantitative estimate of drug-likeness (QED) is 0.392. The van der Waals surface area contributed by atoms with Gasteiger partial charge in [-0.1, -0.05) is 56.8 Å². The summed E-state index contributed by atoms with van der Waals surface area (Å²) in [5.41, 5.74) is 12.1. The van der Waals surface area contributed by atoms with E-state index in [1.54, 1.807) is 0 Å². The Bertz CT molecular complexity index is 1330. The van der Waals surface area contributed by atoms with E-state index in [1.165, 1.54) is 44.6 Å². The number of nitrogens with zero attached hydrogens (tertiary/aromatic N) is 2. The highest BCUT2D eigenvalue weighted by molar-refractivity contribution is 5.74. The summed E-state index contributed by atoms with van der Waals surface area (Å²) in [6.07, 6.45) is 3.32. The number of hydrogen-bond acceptors (Lipinski definition) is 4. The van der Waals surface area contributed by atoms with Crippen molar-refractivity contribution in [1.82, 2.24) is 4.90 Å². The molecule has 0 aliphatic carbocycles. The molecule has 0 amide bonds. The first kappa shape index (κ1) is 23.2. The van der Waals surface area contributed by atoms with Crippen LogP contribution in [0.15, 0.2) is 60.8 Å². The maximum absolute atomic E-state index is 5.85. The van der Waals surface area contributed by atoms with Crippen molar-refractivity contribution in [3.63, 3.8) is 0 Å². The molecule has 186 valence electrons. The van der Waals surface area contributed by atoms with Gasteiger partial charge in [0.05, 0.1) is 0 Å². The van der Waals surface area contributed by atoms with Gasteiger partial charge in [0.2, 0.25) is 6.79 Å². The molecule has 3 aromatic carbocycles. The Morgan fingerprint density at radius 3 is 2.64 bits per heavy atom. The van der Waals surface area contributed by atoms with Crippen molar-refractivity contribution in [3.05, 3.63) is 88.6 Å². The highest BCUT2D eigenvalue weighted by Gasteiger charge is 2.25. The Hall–Kier alpha value is -3.24. The van der Waals surface area contributed by atoms with Crippen LogP contribution in [0.2, 0.25) is 0 Å². The lowest BCUT2D eigenvalue weighted by atomic mass is 9.88. The monoisotopic (exact) mass is 480 g/mol. The van der Waals surface area contributed by atoms with Gasteiger partial charge in [-0.3, -0.25) is 4.90 Å². The molecule has 6 rings (SSSR count). The van der Waals surface area contributed by atoms with E-state index < -0.39 is 0 Å². The van der Waals surface area contributed by atoms with Crippen LogP contribution >= 0.6 is 0 Å². The molecule has 0 spiro atoms. The average molecular weight is 481 g/mol. The number of rotatable bonds is 6. The molecule has 4 heteroatoms. The Balaban J connectivity index is 1.15. The maximum atomic E-state index is 5.85. The van der Waals surface area contributed by atoms with E-state index in [0.717, 1.165) is 62.6 Å². The van der Waals surface area contributed by atoms with Crippen LogP contribution in [0.5, 0.6) is 11.5 Å². The Morgan fingerprint density at radius 2 is 1.81 bits per heavy atom. The van der Waals surface area contributed by atoms with E-state index in [-0.39, 0.29) is 0 Å². The van der Waals surface area contributed by atoms with Gasteiger partial charge in [0, 0.05) is 43.1 Å². The van der Waals surface area contributed by atoms with Gasteiger partial charge in [0.1, 0.15) is 0 Å². The van der Waals surface area contributed by atoms with E-state index in [0.29, 0.717) is 12.7 Å². The Kier molecular flexibility index (Phi) is 6.00. The van der Waals surface area contributed by atoms with Gasteiger partial charge >= 0.3 is 0 Å². The fourth-order valence-electron chi connectivity index (χ4n) is 6.08. The first-order chi connectivity index (χ1) is 17.5. The minimum atomic E-state index is 0.316. The molecule has 0 atom stereocenters. The minimum Gasteiger partial charge on any atom is -0.454 e. The van der Waals surface area contributed by atoms with Gasteiger partial charge in [0.15, 0.2) is 11.5 Å². The zero-order valence-corrected chi connectivity index (χ0v) is 21.8. The number of allylic oxidation sites excluding steroid dienone is 1. The van der Waals surface area contributed by atoms with E-state index >= 15 is 0 Å². The molecule has 0 N–H and O–H groups in total. The first-order valence-corrected chi connectivity index (χ1v) is 13.3. The zero-order chi connectivity index (χ0) is 24.8. The summed E-state index contributed by atoms with van der Waals surface area (Å²) in [7, 11) is 0. The number of hydrogen-bond donors (Lipinski definition) is 0. The summed E-state index contributed by atoms with van der Waals surface area (Å²) in [6, 6.07) is 18.3. The topological polar surface area (TPSA) is 24.9 Å². The third-order valence-electron chi connectivity index (χ3n) is 7.98. The molecule has 0 saturated heterocycles. The third kappa shape index (κ3) is 4.18. The van der Waals surface area contributed by atoms with Crippen LogP contribution in [0, 0.1) is 0 Å². The zero-order valence-electron chi connectivity index (χ0n) is 21.8. The highest BCUT2D eigenvalue weighted by atomic mass is 16.7. The van der Waals surface area contributed by atoms with Gasteiger partial charge < -0.3 is 14.4 Å². The lowest BCUT2D eigenvalue weighted by Crippen LogP contribution is -2.32. The molecule has 36 heavy (non-hydrogen) atoms. The third-order valence-corrected chi connectivity index (χ3v) is 7.98. The second-order valence-corrected chi connectivity index (χ2v) is 10.8. The van der Waals surface area contributed by atoms with Crippen LogP contribution in [-0.4, -0.2) is 31.3 Å². The van der Waals surface area contributed by atoms with Crippen LogP contribution in [0.3, 0.4) is 0 Å². The molecule has 3 aromatic rings. The molecular weight excluding hydrogens is 444 g/mol. The van der Waals surface area contributed by atoms with Crippen LogP contribution < -0.4 is 14.4 Å². The van der Waals surface area contributed by atoms with Crippen molar-refractivity contribution in [2.45, 2.75) is 52.5 Å². The number of ether oxygens (including phenoxy) is 2. The molecule has 3 aliphatic heterocycles. The van der Waals surface area contributed by atoms with Crippen molar-refractivity contribution in [2.24, 2.45) is 0 Å².